The van der Waals surface area contributed by atoms with Gasteiger partial charge in [-0.2, -0.15) is 0 Å². The number of hydrogen-bond donors (Lipinski definition) is 1. The topological polar surface area (TPSA) is 76.1 Å². The molecule has 1 amide bonds. The summed E-state index contributed by atoms with van der Waals surface area (Å²) in [6.45, 7) is 0. The fourth-order valence-corrected chi connectivity index (χ4v) is 4.38. The molecule has 0 bridgehead atoms. The number of rotatable bonds is 5. The van der Waals surface area contributed by atoms with E-state index in [1.54, 1.807) is 18.3 Å². The van der Waals surface area contributed by atoms with E-state index in [0.29, 0.717) is 11.6 Å². The van der Waals surface area contributed by atoms with Gasteiger partial charge in [-0.15, -0.1) is 11.3 Å². The van der Waals surface area contributed by atoms with E-state index in [1.807, 2.05) is 24.3 Å². The molecule has 0 aliphatic carbocycles. The standard InChI is InChI=1S/C18H15BrN2O3S2/c1-26(23,24)16-5-3-2-4-15(16)17(22)21-18-20-11-14(25-18)10-12-6-8-13(19)9-7-12/h2-9,11H,10H2,1H3,(H,20,21,22). The van der Waals surface area contributed by atoms with Crippen molar-refractivity contribution in [1.29, 1.82) is 0 Å². The van der Waals surface area contributed by atoms with E-state index in [1.165, 1.54) is 23.5 Å². The first-order chi connectivity index (χ1) is 12.3. The molecule has 0 atom stereocenters. The monoisotopic (exact) mass is 450 g/mol. The summed E-state index contributed by atoms with van der Waals surface area (Å²) in [6, 6.07) is 14.1. The highest BCUT2D eigenvalue weighted by Crippen LogP contribution is 2.23. The largest absolute Gasteiger partial charge is 0.298 e. The maximum atomic E-state index is 12.5. The van der Waals surface area contributed by atoms with E-state index >= 15 is 0 Å². The van der Waals surface area contributed by atoms with Crippen LogP contribution in [0.2, 0.25) is 0 Å². The Kier molecular flexibility index (Phi) is 5.55. The Morgan fingerprint density at radius 3 is 2.54 bits per heavy atom. The lowest BCUT2D eigenvalue weighted by molar-refractivity contribution is 0.102. The van der Waals surface area contributed by atoms with Crippen LogP contribution in [0.3, 0.4) is 0 Å². The summed E-state index contributed by atoms with van der Waals surface area (Å²) in [5.74, 6) is -0.490. The van der Waals surface area contributed by atoms with E-state index in [-0.39, 0.29) is 10.5 Å². The first kappa shape index (κ1) is 18.8. The molecule has 0 saturated carbocycles. The number of benzene rings is 2. The highest BCUT2D eigenvalue weighted by atomic mass is 79.9. The number of halogens is 1. The second-order valence-corrected chi connectivity index (χ2v) is 9.67. The van der Waals surface area contributed by atoms with Crippen LogP contribution < -0.4 is 5.32 Å². The zero-order valence-corrected chi connectivity index (χ0v) is 17.0. The molecule has 0 aliphatic heterocycles. The molecular weight excluding hydrogens is 436 g/mol. The van der Waals surface area contributed by atoms with Crippen LogP contribution in [-0.2, 0) is 16.3 Å². The minimum atomic E-state index is -3.49. The fraction of sp³-hybridized carbons (Fsp3) is 0.111. The summed E-state index contributed by atoms with van der Waals surface area (Å²) in [5.41, 5.74) is 1.25. The van der Waals surface area contributed by atoms with Crippen LogP contribution in [0.5, 0.6) is 0 Å². The van der Waals surface area contributed by atoms with Gasteiger partial charge >= 0.3 is 0 Å². The van der Waals surface area contributed by atoms with Gasteiger partial charge in [0.15, 0.2) is 15.0 Å². The predicted octanol–water partition coefficient (Wildman–Crippen LogP) is 4.15. The minimum Gasteiger partial charge on any atom is -0.298 e. The Hall–Kier alpha value is -2.03. The fourth-order valence-electron chi connectivity index (χ4n) is 2.39. The molecule has 0 unspecified atom stereocenters. The molecule has 3 aromatic rings. The Bertz CT molecular complexity index is 1040. The van der Waals surface area contributed by atoms with Gasteiger partial charge in [-0.25, -0.2) is 13.4 Å². The molecule has 0 saturated heterocycles. The first-order valence-electron chi connectivity index (χ1n) is 7.62. The van der Waals surface area contributed by atoms with Crippen molar-refractivity contribution in [3.05, 3.63) is 75.2 Å². The Labute approximate surface area is 164 Å². The van der Waals surface area contributed by atoms with Gasteiger partial charge < -0.3 is 0 Å². The average Bonchev–Trinajstić information content (AvgIpc) is 3.03. The number of nitrogens with one attached hydrogen (secondary N) is 1. The van der Waals surface area contributed by atoms with E-state index in [9.17, 15) is 13.2 Å². The van der Waals surface area contributed by atoms with Crippen molar-refractivity contribution in [1.82, 2.24) is 4.98 Å². The van der Waals surface area contributed by atoms with Crippen LogP contribution in [0.15, 0.2) is 64.1 Å². The second kappa shape index (κ2) is 7.69. The highest BCUT2D eigenvalue weighted by Gasteiger charge is 2.19. The molecule has 0 fully saturated rings. The van der Waals surface area contributed by atoms with Crippen molar-refractivity contribution in [2.75, 3.05) is 11.6 Å². The van der Waals surface area contributed by atoms with E-state index in [4.69, 9.17) is 0 Å². The number of thiazole rings is 1. The zero-order chi connectivity index (χ0) is 18.7. The molecule has 1 N–H and O–H groups in total. The van der Waals surface area contributed by atoms with Gasteiger partial charge in [0.05, 0.1) is 10.5 Å². The Morgan fingerprint density at radius 1 is 1.15 bits per heavy atom. The molecule has 0 radical (unpaired) electrons. The molecule has 2 aromatic carbocycles. The summed E-state index contributed by atoms with van der Waals surface area (Å²) >= 11 is 4.77. The maximum absolute atomic E-state index is 12.5. The Morgan fingerprint density at radius 2 is 1.85 bits per heavy atom. The third-order valence-corrected chi connectivity index (χ3v) is 6.19. The van der Waals surface area contributed by atoms with Gasteiger partial charge in [-0.1, -0.05) is 40.2 Å². The van der Waals surface area contributed by atoms with Gasteiger partial charge in [-0.3, -0.25) is 10.1 Å². The smallest absolute Gasteiger partial charge is 0.258 e. The predicted molar refractivity (Wildman–Crippen MR) is 107 cm³/mol. The third kappa shape index (κ3) is 4.57. The minimum absolute atomic E-state index is 0.00384. The Balaban J connectivity index is 1.75. The van der Waals surface area contributed by atoms with Crippen LogP contribution in [-0.4, -0.2) is 25.6 Å². The van der Waals surface area contributed by atoms with Gasteiger partial charge in [-0.05, 0) is 29.8 Å². The molecule has 0 spiro atoms. The van der Waals surface area contributed by atoms with Crippen molar-refractivity contribution in [3.8, 4) is 0 Å². The van der Waals surface area contributed by atoms with Crippen molar-refractivity contribution >= 4 is 48.1 Å². The summed E-state index contributed by atoms with van der Waals surface area (Å²) < 4.78 is 24.7. The second-order valence-electron chi connectivity index (χ2n) is 5.66. The van der Waals surface area contributed by atoms with Gasteiger partial charge in [0.25, 0.3) is 5.91 Å². The SMILES string of the molecule is CS(=O)(=O)c1ccccc1C(=O)Nc1ncc(Cc2ccc(Br)cc2)s1. The number of nitrogens with zero attached hydrogens (tertiary/aromatic N) is 1. The molecule has 1 aromatic heterocycles. The van der Waals surface area contributed by atoms with Crippen molar-refractivity contribution in [3.63, 3.8) is 0 Å². The highest BCUT2D eigenvalue weighted by molar-refractivity contribution is 9.10. The van der Waals surface area contributed by atoms with E-state index < -0.39 is 15.7 Å². The maximum Gasteiger partial charge on any atom is 0.258 e. The lowest BCUT2D eigenvalue weighted by Gasteiger charge is -2.06. The summed E-state index contributed by atoms with van der Waals surface area (Å²) in [5, 5.41) is 3.12. The lowest BCUT2D eigenvalue weighted by atomic mass is 10.1. The zero-order valence-electron chi connectivity index (χ0n) is 13.8. The van der Waals surface area contributed by atoms with E-state index in [0.717, 1.165) is 21.2 Å². The van der Waals surface area contributed by atoms with Crippen molar-refractivity contribution in [2.24, 2.45) is 0 Å². The molecular formula is C18H15BrN2O3S2. The number of carbonyl (C=O) groups excluding carboxylic acids is 1. The molecule has 3 rings (SSSR count). The number of carbonyl (C=O) groups is 1. The molecule has 1 heterocycles. The quantitative estimate of drug-likeness (QED) is 0.633. The van der Waals surface area contributed by atoms with E-state index in [2.05, 4.69) is 26.2 Å². The normalized spacial score (nSPS) is 11.3. The first-order valence-corrected chi connectivity index (χ1v) is 11.1. The number of amides is 1. The summed E-state index contributed by atoms with van der Waals surface area (Å²) in [4.78, 5) is 17.7. The van der Waals surface area contributed by atoms with Crippen LogP contribution in [0, 0.1) is 0 Å². The summed E-state index contributed by atoms with van der Waals surface area (Å²) in [7, 11) is -3.49. The average molecular weight is 451 g/mol. The molecule has 8 heteroatoms. The molecule has 26 heavy (non-hydrogen) atoms. The van der Waals surface area contributed by atoms with Crippen LogP contribution in [0.25, 0.3) is 0 Å². The lowest BCUT2D eigenvalue weighted by Crippen LogP contribution is -2.15. The number of hydrogen-bond acceptors (Lipinski definition) is 5. The molecule has 0 aliphatic rings. The number of aromatic nitrogens is 1. The van der Waals surface area contributed by atoms with Crippen LogP contribution in [0.1, 0.15) is 20.8 Å². The number of anilines is 1. The van der Waals surface area contributed by atoms with Gasteiger partial charge in [0.1, 0.15) is 0 Å². The van der Waals surface area contributed by atoms with Gasteiger partial charge in [0, 0.05) is 28.2 Å². The summed E-state index contributed by atoms with van der Waals surface area (Å²) in [6.07, 6.45) is 3.50. The van der Waals surface area contributed by atoms with Gasteiger partial charge in [0.2, 0.25) is 0 Å². The van der Waals surface area contributed by atoms with Crippen molar-refractivity contribution < 1.29 is 13.2 Å². The third-order valence-electron chi connectivity index (χ3n) is 3.60. The number of sulfone groups is 1. The van der Waals surface area contributed by atoms with Crippen molar-refractivity contribution in [2.45, 2.75) is 11.3 Å². The molecule has 5 nitrogen and oxygen atoms in total. The molecule has 134 valence electrons. The van der Waals surface area contributed by atoms with Crippen LogP contribution in [0.4, 0.5) is 5.13 Å². The van der Waals surface area contributed by atoms with Crippen LogP contribution >= 0.6 is 27.3 Å².